The predicted molar refractivity (Wildman–Crippen MR) is 96.3 cm³/mol. The lowest BCUT2D eigenvalue weighted by Gasteiger charge is -2.13. The topological polar surface area (TPSA) is 24.9 Å². The quantitative estimate of drug-likeness (QED) is 0.505. The molecule has 2 aromatic heterocycles. The standard InChI is InChI=1S/C19H16N2S/c1-12-3-4-13(2)17(11-12)21-16-7-9-20-15-5-6-18-14(19(15)16)8-10-22-18/h3-11H,1-2H3,(H,20,21). The first kappa shape index (κ1) is 13.3. The molecule has 0 aliphatic rings. The van der Waals surface area contributed by atoms with E-state index < -0.39 is 0 Å². The van der Waals surface area contributed by atoms with Gasteiger partial charge < -0.3 is 5.32 Å². The maximum Gasteiger partial charge on any atom is 0.0729 e. The number of pyridine rings is 1. The van der Waals surface area contributed by atoms with Gasteiger partial charge in [-0.05, 0) is 60.7 Å². The number of rotatable bonds is 2. The van der Waals surface area contributed by atoms with E-state index in [0.29, 0.717) is 0 Å². The molecular formula is C19H16N2S. The second-order valence-corrected chi connectivity index (χ2v) is 6.54. The van der Waals surface area contributed by atoms with Crippen LogP contribution in [0.5, 0.6) is 0 Å². The average molecular weight is 304 g/mol. The predicted octanol–water partition coefficient (Wildman–Crippen LogP) is 5.81. The number of benzene rings is 2. The van der Waals surface area contributed by atoms with Gasteiger partial charge in [0.25, 0.3) is 0 Å². The Morgan fingerprint density at radius 1 is 0.955 bits per heavy atom. The molecular weight excluding hydrogens is 288 g/mol. The Hall–Kier alpha value is -2.39. The van der Waals surface area contributed by atoms with Gasteiger partial charge in [0.1, 0.15) is 0 Å². The van der Waals surface area contributed by atoms with Gasteiger partial charge in [0.2, 0.25) is 0 Å². The van der Waals surface area contributed by atoms with E-state index in [2.05, 4.69) is 72.0 Å². The lowest BCUT2D eigenvalue weighted by Crippen LogP contribution is -1.95. The normalized spacial score (nSPS) is 11.2. The average Bonchev–Trinajstić information content (AvgIpc) is 2.99. The number of nitrogens with one attached hydrogen (secondary N) is 1. The monoisotopic (exact) mass is 304 g/mol. The van der Waals surface area contributed by atoms with Gasteiger partial charge in [0.15, 0.2) is 0 Å². The second-order valence-electron chi connectivity index (χ2n) is 5.59. The lowest BCUT2D eigenvalue weighted by atomic mass is 10.1. The van der Waals surface area contributed by atoms with E-state index in [9.17, 15) is 0 Å². The molecule has 3 heteroatoms. The Bertz CT molecular complexity index is 985. The fourth-order valence-corrected chi connectivity index (χ4v) is 3.61. The maximum absolute atomic E-state index is 4.52. The van der Waals surface area contributed by atoms with E-state index in [4.69, 9.17) is 0 Å². The first-order valence-electron chi connectivity index (χ1n) is 7.31. The molecule has 2 heterocycles. The van der Waals surface area contributed by atoms with Gasteiger partial charge in [0, 0.05) is 27.4 Å². The molecule has 0 bridgehead atoms. The van der Waals surface area contributed by atoms with Crippen LogP contribution in [0.1, 0.15) is 11.1 Å². The van der Waals surface area contributed by atoms with Crippen LogP contribution in [-0.4, -0.2) is 4.98 Å². The largest absolute Gasteiger partial charge is 0.355 e. The summed E-state index contributed by atoms with van der Waals surface area (Å²) in [5.74, 6) is 0. The molecule has 2 nitrogen and oxygen atoms in total. The molecule has 0 saturated heterocycles. The van der Waals surface area contributed by atoms with E-state index in [1.54, 1.807) is 11.3 Å². The molecule has 0 atom stereocenters. The molecule has 108 valence electrons. The molecule has 2 aromatic carbocycles. The summed E-state index contributed by atoms with van der Waals surface area (Å²) in [6.45, 7) is 4.25. The number of hydrogen-bond donors (Lipinski definition) is 1. The molecule has 0 spiro atoms. The van der Waals surface area contributed by atoms with Crippen molar-refractivity contribution in [3.63, 3.8) is 0 Å². The minimum atomic E-state index is 1.03. The van der Waals surface area contributed by atoms with E-state index in [-0.39, 0.29) is 0 Å². The van der Waals surface area contributed by atoms with Crippen LogP contribution in [0.2, 0.25) is 0 Å². The molecule has 1 N–H and O–H groups in total. The number of hydrogen-bond acceptors (Lipinski definition) is 3. The summed E-state index contributed by atoms with van der Waals surface area (Å²) < 4.78 is 1.30. The van der Waals surface area contributed by atoms with Gasteiger partial charge >= 0.3 is 0 Å². The van der Waals surface area contributed by atoms with Crippen molar-refractivity contribution >= 4 is 43.7 Å². The highest BCUT2D eigenvalue weighted by Crippen LogP contribution is 2.34. The van der Waals surface area contributed by atoms with Crippen molar-refractivity contribution in [3.05, 3.63) is 65.2 Å². The first-order valence-corrected chi connectivity index (χ1v) is 8.19. The fraction of sp³-hybridized carbons (Fsp3) is 0.105. The van der Waals surface area contributed by atoms with Crippen LogP contribution < -0.4 is 5.32 Å². The molecule has 0 unspecified atom stereocenters. The van der Waals surface area contributed by atoms with Gasteiger partial charge in [-0.15, -0.1) is 11.3 Å². The number of nitrogens with zero attached hydrogens (tertiary/aromatic N) is 1. The van der Waals surface area contributed by atoms with Crippen molar-refractivity contribution in [1.82, 2.24) is 4.98 Å². The highest BCUT2D eigenvalue weighted by molar-refractivity contribution is 7.17. The molecule has 4 rings (SSSR count). The van der Waals surface area contributed by atoms with Crippen LogP contribution in [0.15, 0.2) is 54.0 Å². The summed E-state index contributed by atoms with van der Waals surface area (Å²) in [6, 6.07) is 15.0. The van der Waals surface area contributed by atoms with Gasteiger partial charge in [-0.3, -0.25) is 4.98 Å². The third kappa shape index (κ3) is 2.14. The maximum atomic E-state index is 4.52. The van der Waals surface area contributed by atoms with E-state index in [0.717, 1.165) is 16.9 Å². The molecule has 0 saturated carbocycles. The number of anilines is 2. The van der Waals surface area contributed by atoms with Crippen LogP contribution in [0, 0.1) is 13.8 Å². The third-order valence-electron chi connectivity index (χ3n) is 4.00. The van der Waals surface area contributed by atoms with Crippen molar-refractivity contribution in [2.75, 3.05) is 5.32 Å². The van der Waals surface area contributed by atoms with Crippen molar-refractivity contribution in [3.8, 4) is 0 Å². The van der Waals surface area contributed by atoms with Crippen molar-refractivity contribution in [2.45, 2.75) is 13.8 Å². The fourth-order valence-electron chi connectivity index (χ4n) is 2.82. The Balaban J connectivity index is 1.94. The Kier molecular flexibility index (Phi) is 3.09. The summed E-state index contributed by atoms with van der Waals surface area (Å²) in [5, 5.41) is 8.20. The molecule has 0 aliphatic carbocycles. The summed E-state index contributed by atoms with van der Waals surface area (Å²) in [7, 11) is 0. The highest BCUT2D eigenvalue weighted by Gasteiger charge is 2.09. The Labute approximate surface area is 133 Å². The second kappa shape index (κ2) is 5.11. The number of thiophene rings is 1. The van der Waals surface area contributed by atoms with Crippen molar-refractivity contribution in [2.24, 2.45) is 0 Å². The summed E-state index contributed by atoms with van der Waals surface area (Å²) >= 11 is 1.77. The van der Waals surface area contributed by atoms with Crippen molar-refractivity contribution < 1.29 is 0 Å². The molecule has 0 radical (unpaired) electrons. The van der Waals surface area contributed by atoms with Crippen molar-refractivity contribution in [1.29, 1.82) is 0 Å². The molecule has 22 heavy (non-hydrogen) atoms. The summed E-state index contributed by atoms with van der Waals surface area (Å²) in [6.07, 6.45) is 1.87. The zero-order chi connectivity index (χ0) is 15.1. The first-order chi connectivity index (χ1) is 10.7. The van der Waals surface area contributed by atoms with E-state index >= 15 is 0 Å². The van der Waals surface area contributed by atoms with Crippen LogP contribution >= 0.6 is 11.3 Å². The summed E-state index contributed by atoms with van der Waals surface area (Å²) in [4.78, 5) is 4.52. The Morgan fingerprint density at radius 3 is 2.77 bits per heavy atom. The van der Waals surface area contributed by atoms with Crippen LogP contribution in [0.4, 0.5) is 11.4 Å². The number of aryl methyl sites for hydroxylation is 2. The Morgan fingerprint density at radius 2 is 1.86 bits per heavy atom. The molecule has 0 amide bonds. The zero-order valence-electron chi connectivity index (χ0n) is 12.6. The van der Waals surface area contributed by atoms with Crippen LogP contribution in [-0.2, 0) is 0 Å². The third-order valence-corrected chi connectivity index (χ3v) is 4.88. The highest BCUT2D eigenvalue weighted by atomic mass is 32.1. The lowest BCUT2D eigenvalue weighted by molar-refractivity contribution is 1.37. The van der Waals surface area contributed by atoms with Gasteiger partial charge in [-0.1, -0.05) is 12.1 Å². The van der Waals surface area contributed by atoms with Gasteiger partial charge in [0.05, 0.1) is 11.2 Å². The van der Waals surface area contributed by atoms with E-state index in [1.165, 1.54) is 26.6 Å². The number of aromatic nitrogens is 1. The molecule has 0 fully saturated rings. The smallest absolute Gasteiger partial charge is 0.0729 e. The molecule has 0 aliphatic heterocycles. The minimum absolute atomic E-state index is 1.03. The zero-order valence-corrected chi connectivity index (χ0v) is 13.4. The minimum Gasteiger partial charge on any atom is -0.355 e. The van der Waals surface area contributed by atoms with E-state index in [1.807, 2.05) is 6.20 Å². The van der Waals surface area contributed by atoms with Gasteiger partial charge in [-0.25, -0.2) is 0 Å². The summed E-state index contributed by atoms with van der Waals surface area (Å²) in [5.41, 5.74) is 5.80. The molecule has 4 aromatic rings. The van der Waals surface area contributed by atoms with Crippen LogP contribution in [0.25, 0.3) is 21.0 Å². The number of fused-ring (bicyclic) bond motifs is 3. The van der Waals surface area contributed by atoms with Crippen LogP contribution in [0.3, 0.4) is 0 Å². The SMILES string of the molecule is Cc1ccc(C)c(Nc2ccnc3ccc4sccc4c23)c1. The van der Waals surface area contributed by atoms with Gasteiger partial charge in [-0.2, -0.15) is 0 Å².